The number of aromatic nitrogens is 2. The Morgan fingerprint density at radius 2 is 1.94 bits per heavy atom. The van der Waals surface area contributed by atoms with Gasteiger partial charge in [0.25, 0.3) is 0 Å². The van der Waals surface area contributed by atoms with Gasteiger partial charge in [0.1, 0.15) is 33.3 Å². The van der Waals surface area contributed by atoms with E-state index in [1.165, 1.54) is 6.92 Å². The summed E-state index contributed by atoms with van der Waals surface area (Å²) in [6.07, 6.45) is 2.40. The number of rotatable bonds is 3. The van der Waals surface area contributed by atoms with E-state index in [9.17, 15) is 9.59 Å². The van der Waals surface area contributed by atoms with E-state index in [-0.39, 0.29) is 11.8 Å². The number of hydrogen-bond acceptors (Lipinski definition) is 7. The first-order valence-corrected chi connectivity index (χ1v) is 11.4. The molecule has 1 N–H and O–H groups in total. The normalized spacial score (nSPS) is 19.3. The summed E-state index contributed by atoms with van der Waals surface area (Å²) in [6.45, 7) is 8.22. The van der Waals surface area contributed by atoms with Crippen LogP contribution in [0, 0.1) is 0 Å². The van der Waals surface area contributed by atoms with Gasteiger partial charge in [-0.25, -0.2) is 14.8 Å². The van der Waals surface area contributed by atoms with E-state index >= 15 is 0 Å². The maximum Gasteiger partial charge on any atom is 0.408 e. The molecule has 2 aliphatic heterocycles. The number of benzene rings is 1. The molecule has 1 aromatic carbocycles. The van der Waals surface area contributed by atoms with E-state index in [2.05, 4.69) is 36.1 Å². The summed E-state index contributed by atoms with van der Waals surface area (Å²) in [5, 5.41) is 3.05. The van der Waals surface area contributed by atoms with Crippen molar-refractivity contribution in [3.63, 3.8) is 0 Å². The summed E-state index contributed by atoms with van der Waals surface area (Å²) in [7, 11) is 0. The van der Waals surface area contributed by atoms with E-state index in [0.29, 0.717) is 42.0 Å². The molecular weight excluding hydrogens is 476 g/mol. The summed E-state index contributed by atoms with van der Waals surface area (Å²) >= 11 is 3.29. The maximum absolute atomic E-state index is 12.6. The second-order valence-corrected chi connectivity index (χ2v) is 10.0. The first kappa shape index (κ1) is 22.5. The number of hydrogen-bond donors (Lipinski definition) is 1. The number of para-hydroxylation sites is 1. The molecule has 0 saturated carbocycles. The summed E-state index contributed by atoms with van der Waals surface area (Å²) in [5.74, 6) is 1.21. The Morgan fingerprint density at radius 3 is 2.59 bits per heavy atom. The zero-order valence-electron chi connectivity index (χ0n) is 18.6. The van der Waals surface area contributed by atoms with Crippen LogP contribution in [0.15, 0.2) is 35.1 Å². The fourth-order valence-electron chi connectivity index (χ4n) is 4.32. The number of fused-ring (bicyclic) bond motifs is 1. The van der Waals surface area contributed by atoms with Crippen molar-refractivity contribution in [2.45, 2.75) is 57.8 Å². The molecule has 1 atom stereocenters. The van der Waals surface area contributed by atoms with E-state index in [1.807, 2.05) is 45.0 Å². The highest BCUT2D eigenvalue weighted by molar-refractivity contribution is 9.10. The molecule has 1 aromatic heterocycles. The van der Waals surface area contributed by atoms with Gasteiger partial charge in [0, 0.05) is 38.4 Å². The molecule has 9 heteroatoms. The Hall–Kier alpha value is -2.68. The molecule has 0 unspecified atom stereocenters. The molecule has 1 saturated heterocycles. The molecular formula is C23H27BrN4O4. The Balaban J connectivity index is 1.57. The summed E-state index contributed by atoms with van der Waals surface area (Å²) in [6, 6.07) is 7.44. The van der Waals surface area contributed by atoms with Crippen molar-refractivity contribution in [3.05, 3.63) is 46.3 Å². The highest BCUT2D eigenvalue weighted by atomic mass is 79.9. The van der Waals surface area contributed by atoms with Gasteiger partial charge in [-0.3, -0.25) is 4.79 Å². The minimum Gasteiger partial charge on any atom is -0.484 e. The zero-order chi connectivity index (χ0) is 23.1. The van der Waals surface area contributed by atoms with Crippen molar-refractivity contribution in [1.29, 1.82) is 0 Å². The van der Waals surface area contributed by atoms with Gasteiger partial charge < -0.3 is 19.7 Å². The van der Waals surface area contributed by atoms with Crippen LogP contribution in [0.5, 0.6) is 5.75 Å². The van der Waals surface area contributed by atoms with Crippen molar-refractivity contribution in [2.75, 3.05) is 18.0 Å². The molecule has 2 aliphatic rings. The number of carbonyl (C=O) groups is 2. The van der Waals surface area contributed by atoms with Crippen molar-refractivity contribution in [2.24, 2.45) is 0 Å². The first-order valence-electron chi connectivity index (χ1n) is 10.6. The van der Waals surface area contributed by atoms with E-state index in [1.54, 1.807) is 6.20 Å². The molecule has 32 heavy (non-hydrogen) atoms. The predicted molar refractivity (Wildman–Crippen MR) is 123 cm³/mol. The second kappa shape index (κ2) is 8.35. The molecule has 170 valence electrons. The number of nitrogens with one attached hydrogen (secondary N) is 1. The Labute approximate surface area is 195 Å². The highest BCUT2D eigenvalue weighted by Crippen LogP contribution is 2.48. The molecule has 0 radical (unpaired) electrons. The van der Waals surface area contributed by atoms with Gasteiger partial charge in [-0.2, -0.15) is 0 Å². The van der Waals surface area contributed by atoms with Gasteiger partial charge in [-0.1, -0.05) is 18.2 Å². The van der Waals surface area contributed by atoms with Gasteiger partial charge in [-0.15, -0.1) is 0 Å². The lowest BCUT2D eigenvalue weighted by Crippen LogP contribution is -2.54. The molecule has 1 spiro atoms. The largest absolute Gasteiger partial charge is 0.484 e. The lowest BCUT2D eigenvalue weighted by molar-refractivity contribution is 0.0149. The Kier molecular flexibility index (Phi) is 5.87. The summed E-state index contributed by atoms with van der Waals surface area (Å²) in [5.41, 5.74) is 0.0909. The molecule has 1 amide bonds. The number of ketones is 1. The van der Waals surface area contributed by atoms with Crippen LogP contribution in [0.4, 0.5) is 10.6 Å². The molecule has 0 aliphatic carbocycles. The van der Waals surface area contributed by atoms with Crippen LogP contribution < -0.4 is 15.0 Å². The quantitative estimate of drug-likeness (QED) is 0.619. The van der Waals surface area contributed by atoms with E-state index in [0.717, 1.165) is 11.3 Å². The number of carbonyl (C=O) groups excluding carboxylic acids is 2. The SMILES string of the molecule is CC(=O)c1nc(Br)cnc1N1CCC2(CC1)Oc1ccccc1[C@H]2NC(=O)OC(C)(C)C. The molecule has 3 heterocycles. The number of Topliss-reactive ketones (excluding diaryl/α,β-unsaturated/α-hetero) is 1. The lowest BCUT2D eigenvalue weighted by Gasteiger charge is -2.42. The number of nitrogens with zero attached hydrogens (tertiary/aromatic N) is 3. The average Bonchev–Trinajstić information content (AvgIpc) is 3.00. The monoisotopic (exact) mass is 502 g/mol. The van der Waals surface area contributed by atoms with Crippen molar-refractivity contribution in [3.8, 4) is 5.75 Å². The van der Waals surface area contributed by atoms with Gasteiger partial charge in [-0.05, 0) is 42.8 Å². The topological polar surface area (TPSA) is 93.7 Å². The van der Waals surface area contributed by atoms with Crippen LogP contribution in [0.25, 0.3) is 0 Å². The third kappa shape index (κ3) is 4.44. The zero-order valence-corrected chi connectivity index (χ0v) is 20.2. The third-order valence-electron chi connectivity index (χ3n) is 5.70. The van der Waals surface area contributed by atoms with Crippen LogP contribution in [0.3, 0.4) is 0 Å². The Morgan fingerprint density at radius 1 is 1.25 bits per heavy atom. The smallest absolute Gasteiger partial charge is 0.408 e. The number of halogens is 1. The van der Waals surface area contributed by atoms with E-state index in [4.69, 9.17) is 9.47 Å². The van der Waals surface area contributed by atoms with Gasteiger partial charge in [0.15, 0.2) is 11.6 Å². The fourth-order valence-corrected chi connectivity index (χ4v) is 4.60. The minimum atomic E-state index is -0.601. The van der Waals surface area contributed by atoms with Crippen LogP contribution in [-0.2, 0) is 4.74 Å². The van der Waals surface area contributed by atoms with E-state index < -0.39 is 17.3 Å². The first-order chi connectivity index (χ1) is 15.1. The summed E-state index contributed by atoms with van der Waals surface area (Å²) in [4.78, 5) is 35.6. The average molecular weight is 503 g/mol. The molecule has 8 nitrogen and oxygen atoms in total. The van der Waals surface area contributed by atoms with Gasteiger partial charge in [0.05, 0.1) is 6.20 Å². The van der Waals surface area contributed by atoms with Crippen LogP contribution in [-0.4, -0.2) is 46.1 Å². The predicted octanol–water partition coefficient (Wildman–Crippen LogP) is 4.44. The maximum atomic E-state index is 12.6. The van der Waals surface area contributed by atoms with Crippen molar-refractivity contribution in [1.82, 2.24) is 15.3 Å². The van der Waals surface area contributed by atoms with Crippen molar-refractivity contribution < 1.29 is 19.1 Å². The Bertz CT molecular complexity index is 1040. The minimum absolute atomic E-state index is 0.136. The van der Waals surface area contributed by atoms with Gasteiger partial charge in [0.2, 0.25) is 0 Å². The third-order valence-corrected chi connectivity index (χ3v) is 6.08. The van der Waals surface area contributed by atoms with Gasteiger partial charge >= 0.3 is 6.09 Å². The van der Waals surface area contributed by atoms with Crippen LogP contribution >= 0.6 is 15.9 Å². The number of ether oxygens (including phenoxy) is 2. The lowest BCUT2D eigenvalue weighted by atomic mass is 9.82. The molecule has 2 aromatic rings. The van der Waals surface area contributed by atoms with Crippen LogP contribution in [0.1, 0.15) is 62.6 Å². The number of anilines is 1. The second-order valence-electron chi connectivity index (χ2n) is 9.19. The number of alkyl carbamates (subject to hydrolysis) is 1. The number of piperidine rings is 1. The number of amides is 1. The molecule has 4 rings (SSSR count). The fraction of sp³-hybridized carbons (Fsp3) is 0.478. The molecule has 0 bridgehead atoms. The van der Waals surface area contributed by atoms with Crippen molar-refractivity contribution >= 4 is 33.6 Å². The molecule has 1 fully saturated rings. The van der Waals surface area contributed by atoms with Crippen LogP contribution in [0.2, 0.25) is 0 Å². The summed E-state index contributed by atoms with van der Waals surface area (Å²) < 4.78 is 12.5. The standard InChI is InChI=1S/C23H27BrN4O4/c1-14(29)18-20(25-13-17(24)26-18)28-11-9-23(10-12-28)19(27-21(30)32-22(2,3)4)15-7-5-6-8-16(15)31-23/h5-8,13,19H,9-12H2,1-4H3,(H,27,30)/t19-/m1/s1. The highest BCUT2D eigenvalue weighted by Gasteiger charge is 2.51.